The van der Waals surface area contributed by atoms with Gasteiger partial charge < -0.3 is 0 Å². The van der Waals surface area contributed by atoms with Crippen molar-refractivity contribution in [2.75, 3.05) is 0 Å². The predicted molar refractivity (Wildman–Crippen MR) is 85.2 cm³/mol. The molecule has 0 radical (unpaired) electrons. The molecule has 0 atom stereocenters. The molecule has 0 nitrogen and oxygen atoms in total. The van der Waals surface area contributed by atoms with Crippen LogP contribution in [0.3, 0.4) is 0 Å². The van der Waals surface area contributed by atoms with E-state index in [9.17, 15) is 0 Å². The molecular weight excluding hydrogens is 228 g/mol. The minimum Gasteiger partial charge on any atom is -0.103 e. The zero-order valence-corrected chi connectivity index (χ0v) is 13.7. The molecule has 19 heavy (non-hydrogen) atoms. The molecule has 0 unspecified atom stereocenters. The van der Waals surface area contributed by atoms with E-state index in [2.05, 4.69) is 40.3 Å². The summed E-state index contributed by atoms with van der Waals surface area (Å²) in [4.78, 5) is 0. The van der Waals surface area contributed by atoms with Crippen molar-refractivity contribution < 1.29 is 0 Å². The van der Waals surface area contributed by atoms with Crippen molar-refractivity contribution in [3.63, 3.8) is 0 Å². The predicted octanol–water partition coefficient (Wildman–Crippen LogP) is 6.22. The van der Waals surface area contributed by atoms with E-state index >= 15 is 0 Å². The van der Waals surface area contributed by atoms with Gasteiger partial charge >= 0.3 is 0 Å². The fourth-order valence-corrected chi connectivity index (χ4v) is 4.61. The van der Waals surface area contributed by atoms with Gasteiger partial charge in [0, 0.05) is 0 Å². The molecule has 2 fully saturated rings. The van der Waals surface area contributed by atoms with Crippen LogP contribution in [0.4, 0.5) is 0 Å². The molecule has 0 saturated heterocycles. The van der Waals surface area contributed by atoms with Crippen LogP contribution in [0.2, 0.25) is 0 Å². The van der Waals surface area contributed by atoms with Gasteiger partial charge in [0.25, 0.3) is 0 Å². The maximum Gasteiger partial charge on any atom is -0.00925 e. The van der Waals surface area contributed by atoms with E-state index in [1.807, 2.05) is 0 Å². The normalized spacial score (nSPS) is 40.9. The first-order valence-electron chi connectivity index (χ1n) is 8.51. The minimum absolute atomic E-state index is 0.495. The number of hydrogen-bond donors (Lipinski definition) is 0. The monoisotopic (exact) mass is 262 g/mol. The summed E-state index contributed by atoms with van der Waals surface area (Å²) in [5.74, 6) is 2.81. The third kappa shape index (κ3) is 3.26. The summed E-state index contributed by atoms with van der Waals surface area (Å²) >= 11 is 0. The summed E-state index contributed by atoms with van der Waals surface area (Å²) in [5.41, 5.74) is 1.00. The lowest BCUT2D eigenvalue weighted by Crippen LogP contribution is -2.37. The van der Waals surface area contributed by atoms with Crippen molar-refractivity contribution in [2.24, 2.45) is 28.6 Å². The Morgan fingerprint density at radius 2 is 1.47 bits per heavy atom. The molecule has 2 rings (SSSR count). The standard InChI is InChI=1S/C19H34/c1-6-19(13-11-15(2)12-14-19)17-9-7-16(8-10-17)18(3,4)5/h6,15-17H,1,7-14H2,2-5H3. The Labute approximate surface area is 121 Å². The highest BCUT2D eigenvalue weighted by Gasteiger charge is 2.41. The molecule has 0 spiro atoms. The summed E-state index contributed by atoms with van der Waals surface area (Å²) in [7, 11) is 0. The zero-order valence-electron chi connectivity index (χ0n) is 13.7. The summed E-state index contributed by atoms with van der Waals surface area (Å²) in [6, 6.07) is 0. The van der Waals surface area contributed by atoms with Gasteiger partial charge in [0.1, 0.15) is 0 Å². The summed E-state index contributed by atoms with van der Waals surface area (Å²) < 4.78 is 0. The second-order valence-corrected chi connectivity index (χ2v) is 8.53. The average molecular weight is 262 g/mol. The van der Waals surface area contributed by atoms with Crippen molar-refractivity contribution in [3.05, 3.63) is 12.7 Å². The van der Waals surface area contributed by atoms with Gasteiger partial charge in [-0.05, 0) is 80.0 Å². The van der Waals surface area contributed by atoms with Crippen LogP contribution in [0.5, 0.6) is 0 Å². The Hall–Kier alpha value is -0.260. The smallest absolute Gasteiger partial charge is 0.00925 e. The van der Waals surface area contributed by atoms with Crippen LogP contribution in [-0.2, 0) is 0 Å². The van der Waals surface area contributed by atoms with Crippen molar-refractivity contribution in [3.8, 4) is 0 Å². The van der Waals surface area contributed by atoms with Crippen LogP contribution in [0.15, 0.2) is 12.7 Å². The summed E-state index contributed by atoms with van der Waals surface area (Å²) in [5, 5.41) is 0. The van der Waals surface area contributed by atoms with Gasteiger partial charge in [0.05, 0.1) is 0 Å². The number of allylic oxidation sites excluding steroid dienone is 1. The highest BCUT2D eigenvalue weighted by atomic mass is 14.5. The SMILES string of the molecule is C=CC1(C2CCC(C(C)(C)C)CC2)CCC(C)CC1. The van der Waals surface area contributed by atoms with Crippen LogP contribution in [0, 0.1) is 28.6 Å². The molecule has 2 saturated carbocycles. The number of rotatable bonds is 2. The Bertz CT molecular complexity index is 290. The van der Waals surface area contributed by atoms with Crippen LogP contribution in [0.25, 0.3) is 0 Å². The van der Waals surface area contributed by atoms with Gasteiger partial charge in [-0.25, -0.2) is 0 Å². The molecule has 0 N–H and O–H groups in total. The lowest BCUT2D eigenvalue weighted by atomic mass is 9.58. The molecule has 0 amide bonds. The van der Waals surface area contributed by atoms with Crippen molar-refractivity contribution in [1.29, 1.82) is 0 Å². The third-order valence-electron chi connectivity index (χ3n) is 6.38. The van der Waals surface area contributed by atoms with Crippen LogP contribution in [0.1, 0.15) is 79.1 Å². The lowest BCUT2D eigenvalue weighted by molar-refractivity contribution is 0.0600. The average Bonchev–Trinajstić information content (AvgIpc) is 2.39. The maximum absolute atomic E-state index is 4.22. The second-order valence-electron chi connectivity index (χ2n) is 8.53. The largest absolute Gasteiger partial charge is 0.103 e. The van der Waals surface area contributed by atoms with E-state index in [0.717, 1.165) is 17.8 Å². The highest BCUT2D eigenvalue weighted by Crippen LogP contribution is 2.52. The molecule has 0 heteroatoms. The van der Waals surface area contributed by atoms with Gasteiger partial charge in [-0.3, -0.25) is 0 Å². The fraction of sp³-hybridized carbons (Fsp3) is 0.895. The Morgan fingerprint density at radius 3 is 1.89 bits per heavy atom. The summed E-state index contributed by atoms with van der Waals surface area (Å²) in [6.45, 7) is 13.9. The molecule has 0 aliphatic heterocycles. The van der Waals surface area contributed by atoms with Gasteiger partial charge in [-0.1, -0.05) is 33.8 Å². The Kier molecular flexibility index (Phi) is 4.48. The minimum atomic E-state index is 0.495. The quantitative estimate of drug-likeness (QED) is 0.518. The maximum atomic E-state index is 4.22. The van der Waals surface area contributed by atoms with Crippen molar-refractivity contribution in [2.45, 2.75) is 79.1 Å². The Morgan fingerprint density at radius 1 is 0.947 bits per heavy atom. The fourth-order valence-electron chi connectivity index (χ4n) is 4.61. The van der Waals surface area contributed by atoms with Crippen molar-refractivity contribution >= 4 is 0 Å². The van der Waals surface area contributed by atoms with Gasteiger partial charge in [-0.2, -0.15) is 0 Å². The van der Waals surface area contributed by atoms with E-state index in [0.29, 0.717) is 10.8 Å². The topological polar surface area (TPSA) is 0 Å². The van der Waals surface area contributed by atoms with Crippen LogP contribution >= 0.6 is 0 Å². The van der Waals surface area contributed by atoms with E-state index in [4.69, 9.17) is 0 Å². The van der Waals surface area contributed by atoms with Crippen LogP contribution in [-0.4, -0.2) is 0 Å². The zero-order chi connectivity index (χ0) is 14.1. The van der Waals surface area contributed by atoms with E-state index in [1.54, 1.807) is 0 Å². The molecule has 110 valence electrons. The third-order valence-corrected chi connectivity index (χ3v) is 6.38. The molecule has 0 aromatic rings. The molecule has 0 heterocycles. The molecule has 0 bridgehead atoms. The first kappa shape index (κ1) is 15.1. The molecule has 0 aromatic carbocycles. The molecule has 2 aliphatic carbocycles. The Balaban J connectivity index is 1.97. The molecule has 0 aromatic heterocycles. The first-order chi connectivity index (χ1) is 8.87. The van der Waals surface area contributed by atoms with Crippen LogP contribution < -0.4 is 0 Å². The van der Waals surface area contributed by atoms with Gasteiger partial charge in [0.2, 0.25) is 0 Å². The second kappa shape index (κ2) is 5.62. The van der Waals surface area contributed by atoms with E-state index in [1.165, 1.54) is 51.4 Å². The number of hydrogen-bond acceptors (Lipinski definition) is 0. The molecule has 2 aliphatic rings. The van der Waals surface area contributed by atoms with E-state index in [-0.39, 0.29) is 0 Å². The lowest BCUT2D eigenvalue weighted by Gasteiger charge is -2.47. The van der Waals surface area contributed by atoms with Gasteiger partial charge in [-0.15, -0.1) is 6.58 Å². The molecular formula is C19H34. The van der Waals surface area contributed by atoms with Crippen molar-refractivity contribution in [1.82, 2.24) is 0 Å². The summed E-state index contributed by atoms with van der Waals surface area (Å²) in [6.07, 6.45) is 13.8. The highest BCUT2D eigenvalue weighted by molar-refractivity contribution is 5.03. The first-order valence-corrected chi connectivity index (χ1v) is 8.51. The van der Waals surface area contributed by atoms with E-state index < -0.39 is 0 Å². The van der Waals surface area contributed by atoms with Gasteiger partial charge in [0.15, 0.2) is 0 Å².